The summed E-state index contributed by atoms with van der Waals surface area (Å²) in [5.41, 5.74) is 5.73. The van der Waals surface area contributed by atoms with Crippen LogP contribution in [-0.4, -0.2) is 6.04 Å². The Balaban J connectivity index is 2.32. The van der Waals surface area contributed by atoms with Crippen molar-refractivity contribution >= 4 is 32.1 Å². The van der Waals surface area contributed by atoms with Gasteiger partial charge in [0.25, 0.3) is 0 Å². The van der Waals surface area contributed by atoms with Crippen molar-refractivity contribution < 1.29 is 0 Å². The third-order valence-corrected chi connectivity index (χ3v) is 3.83. The Bertz CT molecular complexity index is 344. The molecule has 2 rings (SSSR count). The molecule has 2 heterocycles. The van der Waals surface area contributed by atoms with E-state index in [-0.39, 0.29) is 6.04 Å². The van der Waals surface area contributed by atoms with Crippen LogP contribution < -0.4 is 5.73 Å². The molecule has 1 unspecified atom stereocenters. The van der Waals surface area contributed by atoms with Crippen molar-refractivity contribution in [1.29, 1.82) is 0 Å². The van der Waals surface area contributed by atoms with Gasteiger partial charge in [-0.2, -0.15) is 0 Å². The summed E-state index contributed by atoms with van der Waals surface area (Å²) in [7, 11) is 0. The van der Waals surface area contributed by atoms with E-state index in [0.717, 1.165) is 6.42 Å². The Morgan fingerprint density at radius 3 is 3.00 bits per heavy atom. The summed E-state index contributed by atoms with van der Waals surface area (Å²) < 4.78 is 2.80. The molecule has 64 valence electrons. The van der Waals surface area contributed by atoms with Crippen molar-refractivity contribution in [1.82, 2.24) is 0 Å². The van der Waals surface area contributed by atoms with Gasteiger partial charge in [0.15, 0.2) is 0 Å². The number of hydrogen-bond donors (Lipinski definition) is 1. The Kier molecular flexibility index (Phi) is 2.17. The maximum absolute atomic E-state index is 5.73. The Morgan fingerprint density at radius 1 is 1.50 bits per heavy atom. The molecule has 0 fully saturated rings. The lowest BCUT2D eigenvalue weighted by Gasteiger charge is -1.99. The van der Waals surface area contributed by atoms with Crippen LogP contribution in [0.4, 0.5) is 0 Å². The predicted octanol–water partition coefficient (Wildman–Crippen LogP) is 2.85. The van der Waals surface area contributed by atoms with Crippen molar-refractivity contribution in [3.05, 3.63) is 22.4 Å². The van der Waals surface area contributed by atoms with Crippen molar-refractivity contribution in [2.24, 2.45) is 5.73 Å². The van der Waals surface area contributed by atoms with Gasteiger partial charge in [0, 0.05) is 20.3 Å². The highest BCUT2D eigenvalue weighted by atomic mass is 32.1. The Labute approximate surface area is 79.8 Å². The number of nitrogens with two attached hydrogens (primary N) is 1. The van der Waals surface area contributed by atoms with Gasteiger partial charge in [-0.3, -0.25) is 0 Å². The molecule has 0 aliphatic heterocycles. The smallest absolute Gasteiger partial charge is 0.0453 e. The first kappa shape index (κ1) is 8.23. The van der Waals surface area contributed by atoms with Crippen LogP contribution in [0, 0.1) is 0 Å². The second kappa shape index (κ2) is 3.17. The molecule has 0 amide bonds. The zero-order chi connectivity index (χ0) is 8.55. The van der Waals surface area contributed by atoms with Crippen molar-refractivity contribution in [3.8, 4) is 0 Å². The summed E-state index contributed by atoms with van der Waals surface area (Å²) in [6.07, 6.45) is 1.01. The van der Waals surface area contributed by atoms with Crippen molar-refractivity contribution in [2.45, 2.75) is 19.4 Å². The molecule has 0 aromatic carbocycles. The highest BCUT2D eigenvalue weighted by Gasteiger charge is 2.04. The van der Waals surface area contributed by atoms with E-state index in [9.17, 15) is 0 Å². The topological polar surface area (TPSA) is 26.0 Å². The number of hydrogen-bond acceptors (Lipinski definition) is 3. The third-order valence-electron chi connectivity index (χ3n) is 1.71. The Morgan fingerprint density at radius 2 is 2.33 bits per heavy atom. The molecule has 2 N–H and O–H groups in total. The average Bonchev–Trinajstić information content (AvgIpc) is 2.43. The SMILES string of the molecule is CC(N)Cc1cc2sccc2s1. The first-order chi connectivity index (χ1) is 5.75. The van der Waals surface area contributed by atoms with Crippen LogP contribution in [0.5, 0.6) is 0 Å². The molecule has 12 heavy (non-hydrogen) atoms. The van der Waals surface area contributed by atoms with Gasteiger partial charge in [0.1, 0.15) is 0 Å². The van der Waals surface area contributed by atoms with Crippen LogP contribution in [0.1, 0.15) is 11.8 Å². The minimum absolute atomic E-state index is 0.276. The second-order valence-electron chi connectivity index (χ2n) is 3.04. The normalized spacial score (nSPS) is 13.8. The summed E-state index contributed by atoms with van der Waals surface area (Å²) in [4.78, 5) is 1.41. The molecule has 0 bridgehead atoms. The fourth-order valence-electron chi connectivity index (χ4n) is 1.23. The minimum atomic E-state index is 0.276. The van der Waals surface area contributed by atoms with Gasteiger partial charge in [0.05, 0.1) is 0 Å². The predicted molar refractivity (Wildman–Crippen MR) is 57.1 cm³/mol. The molecule has 2 aromatic rings. The lowest BCUT2D eigenvalue weighted by molar-refractivity contribution is 0.747. The molecular formula is C9H11NS2. The van der Waals surface area contributed by atoms with Crippen LogP contribution >= 0.6 is 22.7 Å². The summed E-state index contributed by atoms with van der Waals surface area (Å²) in [5.74, 6) is 0. The minimum Gasteiger partial charge on any atom is -0.328 e. The quantitative estimate of drug-likeness (QED) is 0.787. The fourth-order valence-corrected chi connectivity index (χ4v) is 3.51. The molecule has 3 heteroatoms. The molecule has 0 aliphatic carbocycles. The molecule has 0 radical (unpaired) electrons. The molecule has 0 saturated carbocycles. The lowest BCUT2D eigenvalue weighted by atomic mass is 10.2. The highest BCUT2D eigenvalue weighted by Crippen LogP contribution is 2.30. The summed E-state index contributed by atoms with van der Waals surface area (Å²) >= 11 is 3.67. The first-order valence-corrected chi connectivity index (χ1v) is 5.67. The van der Waals surface area contributed by atoms with E-state index in [1.165, 1.54) is 14.3 Å². The van der Waals surface area contributed by atoms with Crippen LogP contribution in [0.2, 0.25) is 0 Å². The van der Waals surface area contributed by atoms with E-state index in [1.54, 1.807) is 11.3 Å². The molecule has 1 nitrogen and oxygen atoms in total. The third kappa shape index (κ3) is 1.53. The molecule has 2 aromatic heterocycles. The number of rotatable bonds is 2. The Hall–Kier alpha value is -0.380. The highest BCUT2D eigenvalue weighted by molar-refractivity contribution is 7.26. The van der Waals surface area contributed by atoms with Gasteiger partial charge in [0.2, 0.25) is 0 Å². The number of fused-ring (bicyclic) bond motifs is 1. The van der Waals surface area contributed by atoms with Crippen LogP contribution in [0.15, 0.2) is 17.5 Å². The second-order valence-corrected chi connectivity index (χ2v) is 5.16. The van der Waals surface area contributed by atoms with E-state index < -0.39 is 0 Å². The molecule has 0 aliphatic rings. The van der Waals surface area contributed by atoms with Crippen LogP contribution in [0.25, 0.3) is 9.40 Å². The first-order valence-electron chi connectivity index (χ1n) is 3.97. The van der Waals surface area contributed by atoms with Gasteiger partial charge >= 0.3 is 0 Å². The van der Waals surface area contributed by atoms with Crippen molar-refractivity contribution in [3.63, 3.8) is 0 Å². The van der Waals surface area contributed by atoms with Gasteiger partial charge in [-0.25, -0.2) is 0 Å². The number of thiophene rings is 2. The summed E-state index contributed by atoms with van der Waals surface area (Å²) in [6, 6.07) is 4.71. The van der Waals surface area contributed by atoms with E-state index in [1.807, 2.05) is 18.3 Å². The zero-order valence-corrected chi connectivity index (χ0v) is 8.54. The molecule has 0 spiro atoms. The van der Waals surface area contributed by atoms with E-state index in [0.29, 0.717) is 0 Å². The maximum atomic E-state index is 5.73. The summed E-state index contributed by atoms with van der Waals surface area (Å²) in [6.45, 7) is 2.05. The molecule has 1 atom stereocenters. The van der Waals surface area contributed by atoms with Gasteiger partial charge in [-0.1, -0.05) is 0 Å². The molecule has 0 saturated heterocycles. The van der Waals surface area contributed by atoms with E-state index in [2.05, 4.69) is 17.5 Å². The van der Waals surface area contributed by atoms with Crippen LogP contribution in [0.3, 0.4) is 0 Å². The van der Waals surface area contributed by atoms with Gasteiger partial charge in [-0.15, -0.1) is 22.7 Å². The standard InChI is InChI=1S/C9H11NS2/c1-6(10)4-7-5-9-8(12-7)2-3-11-9/h2-3,5-6H,4,10H2,1H3. The van der Waals surface area contributed by atoms with Gasteiger partial charge in [-0.05, 0) is 30.9 Å². The van der Waals surface area contributed by atoms with Gasteiger partial charge < -0.3 is 5.73 Å². The largest absolute Gasteiger partial charge is 0.328 e. The van der Waals surface area contributed by atoms with Crippen LogP contribution in [-0.2, 0) is 6.42 Å². The lowest BCUT2D eigenvalue weighted by Crippen LogP contribution is -2.16. The monoisotopic (exact) mass is 197 g/mol. The van der Waals surface area contributed by atoms with Crippen molar-refractivity contribution in [2.75, 3.05) is 0 Å². The average molecular weight is 197 g/mol. The van der Waals surface area contributed by atoms with E-state index in [4.69, 9.17) is 5.73 Å². The summed E-state index contributed by atoms with van der Waals surface area (Å²) in [5, 5.41) is 2.14. The maximum Gasteiger partial charge on any atom is 0.0453 e. The molecular weight excluding hydrogens is 186 g/mol. The van der Waals surface area contributed by atoms with E-state index >= 15 is 0 Å². The zero-order valence-electron chi connectivity index (χ0n) is 6.91. The fraction of sp³-hybridized carbons (Fsp3) is 0.333.